The van der Waals surface area contributed by atoms with Crippen molar-refractivity contribution in [3.05, 3.63) is 99.1 Å². The van der Waals surface area contributed by atoms with Crippen LogP contribution >= 0.6 is 39.3 Å². The molecule has 39 heavy (non-hydrogen) atoms. The van der Waals surface area contributed by atoms with Crippen molar-refractivity contribution in [2.24, 2.45) is 0 Å². The first-order valence-corrected chi connectivity index (χ1v) is 14.7. The summed E-state index contributed by atoms with van der Waals surface area (Å²) in [6.07, 6.45) is 1.89. The Kier molecular flexibility index (Phi) is 8.10. The Morgan fingerprint density at radius 1 is 1.21 bits per heavy atom. The van der Waals surface area contributed by atoms with Gasteiger partial charge in [-0.1, -0.05) is 63.4 Å². The summed E-state index contributed by atoms with van der Waals surface area (Å²) in [5.74, 6) is -0.396. The number of benzene rings is 3. The standard InChI is InChI=1S/C30H29BrClN3O3S/c1-18-3-10-23(11-4-18)39-30(29(38)34-19(2)17-36)14-27(37)35(16-20-5-7-21(31)8-6-20)28(30)25-15-33-26-13-22(32)9-12-24(25)26/h3-13,15,19,28,33,36H,14,16-17H2,1-2H3,(H,34,38)/t19-,28-,30-/m0/s1. The minimum absolute atomic E-state index is 0.0109. The molecule has 9 heteroatoms. The van der Waals surface area contributed by atoms with Crippen LogP contribution in [0.25, 0.3) is 10.9 Å². The largest absolute Gasteiger partial charge is 0.394 e. The number of aliphatic hydroxyl groups is 1. The van der Waals surface area contributed by atoms with Crippen molar-refractivity contribution in [2.75, 3.05) is 6.61 Å². The highest BCUT2D eigenvalue weighted by Crippen LogP contribution is 2.54. The monoisotopic (exact) mass is 625 g/mol. The predicted octanol–water partition coefficient (Wildman–Crippen LogP) is 6.39. The Hall–Kier alpha value is -2.78. The van der Waals surface area contributed by atoms with Crippen LogP contribution in [0.5, 0.6) is 0 Å². The number of carbonyl (C=O) groups is 2. The van der Waals surface area contributed by atoms with Crippen LogP contribution in [-0.2, 0) is 16.1 Å². The van der Waals surface area contributed by atoms with Crippen LogP contribution in [0, 0.1) is 6.92 Å². The van der Waals surface area contributed by atoms with Crippen LogP contribution in [0.3, 0.4) is 0 Å². The van der Waals surface area contributed by atoms with Gasteiger partial charge in [0.15, 0.2) is 0 Å². The molecule has 0 saturated carbocycles. The number of thioether (sulfide) groups is 1. The molecule has 0 spiro atoms. The first-order valence-electron chi connectivity index (χ1n) is 12.7. The van der Waals surface area contributed by atoms with Gasteiger partial charge in [-0.05, 0) is 55.8 Å². The number of halogens is 2. The second kappa shape index (κ2) is 11.4. The second-order valence-corrected chi connectivity index (χ2v) is 12.8. The second-order valence-electron chi connectivity index (χ2n) is 10.0. The summed E-state index contributed by atoms with van der Waals surface area (Å²) in [7, 11) is 0. The van der Waals surface area contributed by atoms with Gasteiger partial charge in [0, 0.05) is 49.6 Å². The van der Waals surface area contributed by atoms with Crippen molar-refractivity contribution in [3.63, 3.8) is 0 Å². The van der Waals surface area contributed by atoms with E-state index in [2.05, 4.69) is 26.2 Å². The third-order valence-corrected chi connectivity index (χ3v) is 9.27. The van der Waals surface area contributed by atoms with E-state index >= 15 is 0 Å². The number of aromatic nitrogens is 1. The maximum absolute atomic E-state index is 14.2. The lowest BCUT2D eigenvalue weighted by molar-refractivity contribution is -0.129. The predicted molar refractivity (Wildman–Crippen MR) is 160 cm³/mol. The van der Waals surface area contributed by atoms with Crippen LogP contribution in [0.15, 0.2) is 82.3 Å². The summed E-state index contributed by atoms with van der Waals surface area (Å²) in [5.41, 5.74) is 3.74. The van der Waals surface area contributed by atoms with Crippen molar-refractivity contribution in [1.29, 1.82) is 0 Å². The van der Waals surface area contributed by atoms with Crippen molar-refractivity contribution in [3.8, 4) is 0 Å². The molecule has 1 aliphatic rings. The average molecular weight is 627 g/mol. The molecule has 1 saturated heterocycles. The Morgan fingerprint density at radius 3 is 2.62 bits per heavy atom. The minimum Gasteiger partial charge on any atom is -0.394 e. The lowest BCUT2D eigenvalue weighted by Gasteiger charge is -2.37. The van der Waals surface area contributed by atoms with Gasteiger partial charge in [0.05, 0.1) is 19.1 Å². The summed E-state index contributed by atoms with van der Waals surface area (Å²) in [6, 6.07) is 20.4. The number of nitrogens with zero attached hydrogens (tertiary/aromatic N) is 1. The zero-order valence-electron chi connectivity index (χ0n) is 21.6. The van der Waals surface area contributed by atoms with E-state index in [1.807, 2.05) is 84.8 Å². The fourth-order valence-corrected chi connectivity index (χ4v) is 6.94. The van der Waals surface area contributed by atoms with Gasteiger partial charge in [0.2, 0.25) is 11.8 Å². The summed E-state index contributed by atoms with van der Waals surface area (Å²) in [6.45, 7) is 3.90. The quantitative estimate of drug-likeness (QED) is 0.212. The first kappa shape index (κ1) is 27.8. The Bertz CT molecular complexity index is 1510. The van der Waals surface area contributed by atoms with E-state index in [-0.39, 0.29) is 24.8 Å². The molecule has 1 aliphatic heterocycles. The number of carbonyl (C=O) groups excluding carboxylic acids is 2. The van der Waals surface area contributed by atoms with Crippen molar-refractivity contribution in [1.82, 2.24) is 15.2 Å². The number of likely N-dealkylation sites (tertiary alicyclic amines) is 1. The topological polar surface area (TPSA) is 85.4 Å². The number of amides is 2. The molecule has 0 unspecified atom stereocenters. The molecule has 3 N–H and O–H groups in total. The smallest absolute Gasteiger partial charge is 0.239 e. The Morgan fingerprint density at radius 2 is 1.92 bits per heavy atom. The average Bonchev–Trinajstić information content (AvgIpc) is 3.44. The molecule has 2 heterocycles. The normalized spacial score (nSPS) is 20.0. The molecule has 0 radical (unpaired) electrons. The molecule has 202 valence electrons. The molecule has 3 aromatic carbocycles. The van der Waals surface area contributed by atoms with E-state index in [1.165, 1.54) is 11.8 Å². The van der Waals surface area contributed by atoms with Crippen LogP contribution in [0.4, 0.5) is 0 Å². The van der Waals surface area contributed by atoms with Crippen LogP contribution < -0.4 is 5.32 Å². The molecule has 5 rings (SSSR count). The zero-order chi connectivity index (χ0) is 27.7. The molecular formula is C30H29BrClN3O3S. The van der Waals surface area contributed by atoms with Crippen molar-refractivity contribution >= 4 is 62.0 Å². The van der Waals surface area contributed by atoms with Gasteiger partial charge in [-0.15, -0.1) is 11.8 Å². The fourth-order valence-electron chi connectivity index (χ4n) is 5.10. The van der Waals surface area contributed by atoms with E-state index in [9.17, 15) is 14.7 Å². The fraction of sp³-hybridized carbons (Fsp3) is 0.267. The molecular weight excluding hydrogens is 598 g/mol. The number of hydrogen-bond acceptors (Lipinski definition) is 4. The first-order chi connectivity index (χ1) is 18.7. The van der Waals surface area contributed by atoms with Crippen LogP contribution in [-0.4, -0.2) is 44.2 Å². The molecule has 0 bridgehead atoms. The summed E-state index contributed by atoms with van der Waals surface area (Å²) < 4.78 is -0.245. The molecule has 1 aromatic heterocycles. The summed E-state index contributed by atoms with van der Waals surface area (Å²) in [5, 5.41) is 14.2. The number of aryl methyl sites for hydroxylation is 1. The van der Waals surface area contributed by atoms with E-state index in [1.54, 1.807) is 6.92 Å². The van der Waals surface area contributed by atoms with Gasteiger partial charge in [-0.2, -0.15) is 0 Å². The number of H-pyrrole nitrogens is 1. The van der Waals surface area contributed by atoms with E-state index < -0.39 is 16.8 Å². The number of nitrogens with one attached hydrogen (secondary N) is 2. The Balaban J connectivity index is 1.69. The number of hydrogen-bond donors (Lipinski definition) is 3. The van der Waals surface area contributed by atoms with E-state index in [0.29, 0.717) is 11.6 Å². The van der Waals surface area contributed by atoms with E-state index in [4.69, 9.17) is 11.6 Å². The van der Waals surface area contributed by atoms with Gasteiger partial charge in [0.25, 0.3) is 0 Å². The zero-order valence-corrected chi connectivity index (χ0v) is 24.7. The van der Waals surface area contributed by atoms with Crippen molar-refractivity contribution < 1.29 is 14.7 Å². The highest BCUT2D eigenvalue weighted by atomic mass is 79.9. The number of fused-ring (bicyclic) bond motifs is 1. The molecule has 1 fully saturated rings. The molecule has 6 nitrogen and oxygen atoms in total. The molecule has 0 aliphatic carbocycles. The lowest BCUT2D eigenvalue weighted by atomic mass is 9.90. The summed E-state index contributed by atoms with van der Waals surface area (Å²) in [4.78, 5) is 34.1. The summed E-state index contributed by atoms with van der Waals surface area (Å²) >= 11 is 11.2. The minimum atomic E-state index is -1.19. The van der Waals surface area contributed by atoms with Gasteiger partial charge in [0.1, 0.15) is 4.75 Å². The molecule has 2 amide bonds. The molecule has 3 atom stereocenters. The number of rotatable bonds is 8. The van der Waals surface area contributed by atoms with Gasteiger partial charge in [-0.25, -0.2) is 0 Å². The third kappa shape index (κ3) is 5.61. The molecule has 4 aromatic rings. The Labute approximate surface area is 245 Å². The van der Waals surface area contributed by atoms with Crippen LogP contribution in [0.1, 0.15) is 36.1 Å². The SMILES string of the molecule is Cc1ccc(S[C@@]2(C(=O)N[C@@H](C)CO)CC(=O)N(Cc3ccc(Br)cc3)[C@H]2c2c[nH]c3cc(Cl)ccc23)cc1. The number of aliphatic hydroxyl groups excluding tert-OH is 1. The maximum Gasteiger partial charge on any atom is 0.239 e. The maximum atomic E-state index is 14.2. The van der Waals surface area contributed by atoms with Crippen LogP contribution in [0.2, 0.25) is 5.02 Å². The highest BCUT2D eigenvalue weighted by Gasteiger charge is 2.58. The number of aromatic amines is 1. The lowest BCUT2D eigenvalue weighted by Crippen LogP contribution is -2.51. The van der Waals surface area contributed by atoms with E-state index in [0.717, 1.165) is 37.0 Å². The van der Waals surface area contributed by atoms with Gasteiger partial charge >= 0.3 is 0 Å². The highest BCUT2D eigenvalue weighted by molar-refractivity contribution is 9.10. The third-order valence-electron chi connectivity index (χ3n) is 7.08. The van der Waals surface area contributed by atoms with Gasteiger partial charge < -0.3 is 20.3 Å². The van der Waals surface area contributed by atoms with Crippen molar-refractivity contribution in [2.45, 2.75) is 48.5 Å². The van der Waals surface area contributed by atoms with Gasteiger partial charge in [-0.3, -0.25) is 9.59 Å².